The summed E-state index contributed by atoms with van der Waals surface area (Å²) in [5.41, 5.74) is 2.73. The fraction of sp³-hybridized carbons (Fsp3) is 0.625. The Morgan fingerprint density at radius 3 is 2.56 bits per heavy atom. The molecular formula is C16H25NO. The Balaban J connectivity index is 1.82. The van der Waals surface area contributed by atoms with Gasteiger partial charge in [0.05, 0.1) is 11.7 Å². The molecule has 1 aromatic carbocycles. The zero-order valence-corrected chi connectivity index (χ0v) is 12.0. The van der Waals surface area contributed by atoms with Gasteiger partial charge in [0.25, 0.3) is 0 Å². The van der Waals surface area contributed by atoms with E-state index in [1.165, 1.54) is 17.5 Å². The minimum atomic E-state index is 0.0689. The first-order valence-corrected chi connectivity index (χ1v) is 6.94. The minimum absolute atomic E-state index is 0.0689. The van der Waals surface area contributed by atoms with Gasteiger partial charge in [-0.1, -0.05) is 29.8 Å². The van der Waals surface area contributed by atoms with Crippen LogP contribution in [0.1, 0.15) is 50.8 Å². The highest BCUT2D eigenvalue weighted by Crippen LogP contribution is 2.29. The summed E-state index contributed by atoms with van der Waals surface area (Å²) < 4.78 is 5.99. The Bertz CT molecular complexity index is 383. The van der Waals surface area contributed by atoms with E-state index >= 15 is 0 Å². The van der Waals surface area contributed by atoms with E-state index in [0.29, 0.717) is 12.1 Å². The minimum Gasteiger partial charge on any atom is -0.371 e. The van der Waals surface area contributed by atoms with Crippen molar-refractivity contribution in [3.63, 3.8) is 0 Å². The van der Waals surface area contributed by atoms with Crippen LogP contribution in [0.3, 0.4) is 0 Å². The normalized spacial score (nSPS) is 24.1. The molecule has 1 N–H and O–H groups in total. The van der Waals surface area contributed by atoms with Gasteiger partial charge in [0.1, 0.15) is 0 Å². The number of hydrogen-bond acceptors (Lipinski definition) is 2. The van der Waals surface area contributed by atoms with Gasteiger partial charge < -0.3 is 10.1 Å². The number of benzene rings is 1. The molecule has 1 aliphatic rings. The molecule has 1 heterocycles. The van der Waals surface area contributed by atoms with Crippen molar-refractivity contribution in [3.05, 3.63) is 35.4 Å². The Morgan fingerprint density at radius 1 is 1.33 bits per heavy atom. The molecular weight excluding hydrogens is 222 g/mol. The van der Waals surface area contributed by atoms with Crippen LogP contribution in [0, 0.1) is 6.92 Å². The highest BCUT2D eigenvalue weighted by molar-refractivity contribution is 5.23. The monoisotopic (exact) mass is 247 g/mol. The van der Waals surface area contributed by atoms with Crippen LogP contribution in [-0.2, 0) is 4.74 Å². The van der Waals surface area contributed by atoms with Gasteiger partial charge in [0.2, 0.25) is 0 Å². The molecule has 2 rings (SSSR count). The summed E-state index contributed by atoms with van der Waals surface area (Å²) in [6.07, 6.45) is 2.70. The summed E-state index contributed by atoms with van der Waals surface area (Å²) in [6, 6.07) is 9.13. The predicted molar refractivity (Wildman–Crippen MR) is 75.8 cm³/mol. The molecule has 1 aliphatic heterocycles. The Labute approximate surface area is 111 Å². The van der Waals surface area contributed by atoms with Crippen LogP contribution in [0.4, 0.5) is 0 Å². The molecule has 100 valence electrons. The van der Waals surface area contributed by atoms with Crippen LogP contribution in [0.5, 0.6) is 0 Å². The second kappa shape index (κ2) is 5.41. The maximum Gasteiger partial charge on any atom is 0.0708 e. The zero-order valence-electron chi connectivity index (χ0n) is 12.0. The van der Waals surface area contributed by atoms with E-state index in [1.54, 1.807) is 0 Å². The Morgan fingerprint density at radius 2 is 2.00 bits per heavy atom. The second-order valence-corrected chi connectivity index (χ2v) is 6.08. The van der Waals surface area contributed by atoms with E-state index in [4.69, 9.17) is 4.74 Å². The lowest BCUT2D eigenvalue weighted by molar-refractivity contribution is -0.0150. The van der Waals surface area contributed by atoms with Gasteiger partial charge in [-0.25, -0.2) is 0 Å². The lowest BCUT2D eigenvalue weighted by Crippen LogP contribution is -2.31. The standard InChI is InChI=1S/C16H25NO/c1-12-5-7-14(8-6-12)13(2)17-11-15-9-10-16(3,4)18-15/h5-8,13,15,17H,9-11H2,1-4H3/t13-,15?/m0/s1. The highest BCUT2D eigenvalue weighted by Gasteiger charge is 2.31. The van der Waals surface area contributed by atoms with Gasteiger partial charge >= 0.3 is 0 Å². The maximum atomic E-state index is 5.99. The summed E-state index contributed by atoms with van der Waals surface area (Å²) in [6.45, 7) is 9.63. The van der Waals surface area contributed by atoms with Crippen LogP contribution >= 0.6 is 0 Å². The fourth-order valence-corrected chi connectivity index (χ4v) is 2.50. The fourth-order valence-electron chi connectivity index (χ4n) is 2.50. The van der Waals surface area contributed by atoms with Gasteiger partial charge in [-0.2, -0.15) is 0 Å². The molecule has 0 spiro atoms. The molecule has 2 atom stereocenters. The van der Waals surface area contributed by atoms with Crippen LogP contribution in [0.25, 0.3) is 0 Å². The van der Waals surface area contributed by atoms with Crippen LogP contribution < -0.4 is 5.32 Å². The topological polar surface area (TPSA) is 21.3 Å². The third-order valence-electron chi connectivity index (χ3n) is 3.78. The molecule has 2 heteroatoms. The third-order valence-corrected chi connectivity index (χ3v) is 3.78. The first-order chi connectivity index (χ1) is 8.46. The number of ether oxygens (including phenoxy) is 1. The molecule has 2 nitrogen and oxygen atoms in total. The molecule has 1 unspecified atom stereocenters. The van der Waals surface area contributed by atoms with Crippen molar-refractivity contribution >= 4 is 0 Å². The van der Waals surface area contributed by atoms with Crippen LogP contribution in [0.2, 0.25) is 0 Å². The molecule has 18 heavy (non-hydrogen) atoms. The second-order valence-electron chi connectivity index (χ2n) is 6.08. The Hall–Kier alpha value is -0.860. The average molecular weight is 247 g/mol. The van der Waals surface area contributed by atoms with E-state index in [-0.39, 0.29) is 5.60 Å². The summed E-state index contributed by atoms with van der Waals surface area (Å²) in [5.74, 6) is 0. The lowest BCUT2D eigenvalue weighted by Gasteiger charge is -2.21. The summed E-state index contributed by atoms with van der Waals surface area (Å²) in [7, 11) is 0. The number of rotatable bonds is 4. The molecule has 0 saturated carbocycles. The van der Waals surface area contributed by atoms with Crippen molar-refractivity contribution in [2.75, 3.05) is 6.54 Å². The van der Waals surface area contributed by atoms with Crippen molar-refractivity contribution in [1.82, 2.24) is 5.32 Å². The smallest absolute Gasteiger partial charge is 0.0708 e. The van der Waals surface area contributed by atoms with Gasteiger partial charge in [-0.05, 0) is 46.1 Å². The first-order valence-electron chi connectivity index (χ1n) is 6.94. The highest BCUT2D eigenvalue weighted by atomic mass is 16.5. The molecule has 0 aliphatic carbocycles. The van der Waals surface area contributed by atoms with Gasteiger partial charge in [-0.15, -0.1) is 0 Å². The van der Waals surface area contributed by atoms with Crippen molar-refractivity contribution < 1.29 is 4.74 Å². The lowest BCUT2D eigenvalue weighted by atomic mass is 10.0. The van der Waals surface area contributed by atoms with Crippen molar-refractivity contribution in [3.8, 4) is 0 Å². The Kier molecular flexibility index (Phi) is 4.08. The van der Waals surface area contributed by atoms with Crippen LogP contribution in [0.15, 0.2) is 24.3 Å². The zero-order chi connectivity index (χ0) is 13.2. The van der Waals surface area contributed by atoms with Crippen molar-refractivity contribution in [2.24, 2.45) is 0 Å². The van der Waals surface area contributed by atoms with Gasteiger partial charge in [0, 0.05) is 12.6 Å². The first kappa shape index (κ1) is 13.6. The van der Waals surface area contributed by atoms with E-state index < -0.39 is 0 Å². The maximum absolute atomic E-state index is 5.99. The SMILES string of the molecule is Cc1ccc([C@H](C)NCC2CCC(C)(C)O2)cc1. The van der Waals surface area contributed by atoms with E-state index in [9.17, 15) is 0 Å². The molecule has 0 aromatic heterocycles. The molecule has 0 radical (unpaired) electrons. The quantitative estimate of drug-likeness (QED) is 0.877. The molecule has 0 amide bonds. The van der Waals surface area contributed by atoms with Gasteiger partial charge in [0.15, 0.2) is 0 Å². The number of hydrogen-bond donors (Lipinski definition) is 1. The predicted octanol–water partition coefficient (Wildman–Crippen LogP) is 3.60. The average Bonchev–Trinajstić information content (AvgIpc) is 2.67. The van der Waals surface area contributed by atoms with E-state index in [0.717, 1.165) is 13.0 Å². The molecule has 0 bridgehead atoms. The molecule has 1 saturated heterocycles. The van der Waals surface area contributed by atoms with Crippen LogP contribution in [-0.4, -0.2) is 18.2 Å². The molecule has 1 aromatic rings. The summed E-state index contributed by atoms with van der Waals surface area (Å²) >= 11 is 0. The third kappa shape index (κ3) is 3.56. The van der Waals surface area contributed by atoms with Crippen molar-refractivity contribution in [2.45, 2.75) is 58.3 Å². The largest absolute Gasteiger partial charge is 0.371 e. The number of aryl methyl sites for hydroxylation is 1. The summed E-state index contributed by atoms with van der Waals surface area (Å²) in [4.78, 5) is 0. The number of nitrogens with one attached hydrogen (secondary N) is 1. The summed E-state index contributed by atoms with van der Waals surface area (Å²) in [5, 5.41) is 3.57. The van der Waals surface area contributed by atoms with Gasteiger partial charge in [-0.3, -0.25) is 0 Å². The molecule has 1 fully saturated rings. The van der Waals surface area contributed by atoms with Crippen molar-refractivity contribution in [1.29, 1.82) is 0 Å². The van der Waals surface area contributed by atoms with E-state index in [2.05, 4.69) is 57.3 Å². The van der Waals surface area contributed by atoms with E-state index in [1.807, 2.05) is 0 Å².